The zero-order valence-corrected chi connectivity index (χ0v) is 22.3. The Bertz CT molecular complexity index is 1790. The van der Waals surface area contributed by atoms with E-state index in [-0.39, 0.29) is 0 Å². The first kappa shape index (κ1) is 24.4. The SMILES string of the molecule is c1ccc(N(c2ccccc2)c2ccc(-n3nc4ccc(N(c5ccccc5)c5ccccc5)cc4n3)cc2)cc1. The van der Waals surface area contributed by atoms with E-state index in [1.54, 1.807) is 4.80 Å². The van der Waals surface area contributed by atoms with Gasteiger partial charge in [-0.3, -0.25) is 0 Å². The second-order valence-electron chi connectivity index (χ2n) is 9.69. The van der Waals surface area contributed by atoms with E-state index in [2.05, 4.69) is 143 Å². The smallest absolute Gasteiger partial charge is 0.115 e. The lowest BCUT2D eigenvalue weighted by molar-refractivity contribution is 0.766. The van der Waals surface area contributed by atoms with Gasteiger partial charge in [0.1, 0.15) is 11.0 Å². The molecular weight excluding hydrogens is 502 g/mol. The van der Waals surface area contributed by atoms with Crippen LogP contribution >= 0.6 is 0 Å². The Morgan fingerprint density at radius 2 is 0.707 bits per heavy atom. The molecule has 1 heterocycles. The lowest BCUT2D eigenvalue weighted by atomic mass is 10.2. The van der Waals surface area contributed by atoms with Gasteiger partial charge in [-0.15, -0.1) is 10.2 Å². The molecule has 0 unspecified atom stereocenters. The Morgan fingerprint density at radius 3 is 1.17 bits per heavy atom. The fraction of sp³-hybridized carbons (Fsp3) is 0. The van der Waals surface area contributed by atoms with Crippen molar-refractivity contribution >= 4 is 45.2 Å². The summed E-state index contributed by atoms with van der Waals surface area (Å²) >= 11 is 0. The molecule has 0 aliphatic carbocycles. The molecule has 1 aromatic heterocycles. The van der Waals surface area contributed by atoms with Crippen molar-refractivity contribution in [1.29, 1.82) is 0 Å². The standard InChI is InChI=1S/C36H27N5/c1-5-13-28(14-6-1)39(29-15-7-2-8-16-29)32-21-23-33(24-22-32)41-37-35-26-25-34(27-36(35)38-41)40(30-17-9-3-10-18-30)31-19-11-4-12-20-31/h1-27H. The molecule has 5 heteroatoms. The largest absolute Gasteiger partial charge is 0.311 e. The van der Waals surface area contributed by atoms with Crippen molar-refractivity contribution in [3.05, 3.63) is 164 Å². The number of aromatic nitrogens is 3. The minimum atomic E-state index is 0.832. The summed E-state index contributed by atoms with van der Waals surface area (Å²) in [4.78, 5) is 6.18. The summed E-state index contributed by atoms with van der Waals surface area (Å²) in [5.41, 5.74) is 9.03. The Balaban J connectivity index is 1.23. The van der Waals surface area contributed by atoms with Gasteiger partial charge < -0.3 is 9.80 Å². The lowest BCUT2D eigenvalue weighted by Gasteiger charge is -2.25. The van der Waals surface area contributed by atoms with Crippen LogP contribution in [0.4, 0.5) is 34.1 Å². The second-order valence-corrected chi connectivity index (χ2v) is 9.69. The van der Waals surface area contributed by atoms with Crippen LogP contribution in [-0.2, 0) is 0 Å². The highest BCUT2D eigenvalue weighted by atomic mass is 15.5. The van der Waals surface area contributed by atoms with Crippen molar-refractivity contribution in [2.24, 2.45) is 0 Å². The zero-order chi connectivity index (χ0) is 27.4. The Hall–Kier alpha value is -5.68. The van der Waals surface area contributed by atoms with Crippen molar-refractivity contribution in [1.82, 2.24) is 15.0 Å². The lowest BCUT2D eigenvalue weighted by Crippen LogP contribution is -2.10. The summed E-state index contributed by atoms with van der Waals surface area (Å²) in [6, 6.07) is 56.1. The number of hydrogen-bond acceptors (Lipinski definition) is 4. The first-order valence-electron chi connectivity index (χ1n) is 13.6. The molecule has 0 N–H and O–H groups in total. The molecule has 5 nitrogen and oxygen atoms in total. The average Bonchev–Trinajstić information content (AvgIpc) is 3.48. The summed E-state index contributed by atoms with van der Waals surface area (Å²) in [6.45, 7) is 0. The molecule has 0 atom stereocenters. The van der Waals surface area contributed by atoms with E-state index in [1.165, 1.54) is 0 Å². The molecule has 196 valence electrons. The van der Waals surface area contributed by atoms with Crippen LogP contribution in [0.3, 0.4) is 0 Å². The topological polar surface area (TPSA) is 37.2 Å². The number of benzene rings is 6. The third-order valence-corrected chi connectivity index (χ3v) is 7.02. The summed E-state index contributed by atoms with van der Waals surface area (Å²) in [5.74, 6) is 0. The number of anilines is 6. The van der Waals surface area contributed by atoms with Gasteiger partial charge in [0.2, 0.25) is 0 Å². The van der Waals surface area contributed by atoms with E-state index >= 15 is 0 Å². The van der Waals surface area contributed by atoms with Gasteiger partial charge >= 0.3 is 0 Å². The highest BCUT2D eigenvalue weighted by Crippen LogP contribution is 2.36. The third-order valence-electron chi connectivity index (χ3n) is 7.02. The van der Waals surface area contributed by atoms with E-state index in [0.29, 0.717) is 0 Å². The van der Waals surface area contributed by atoms with Crippen LogP contribution in [0.25, 0.3) is 16.7 Å². The molecule has 0 saturated carbocycles. The maximum Gasteiger partial charge on any atom is 0.115 e. The van der Waals surface area contributed by atoms with E-state index in [4.69, 9.17) is 10.2 Å². The second kappa shape index (κ2) is 10.8. The molecule has 0 amide bonds. The van der Waals surface area contributed by atoms with Gasteiger partial charge in [0.25, 0.3) is 0 Å². The van der Waals surface area contributed by atoms with Gasteiger partial charge in [-0.2, -0.15) is 4.80 Å². The summed E-state index contributed by atoms with van der Waals surface area (Å²) in [7, 11) is 0. The zero-order valence-electron chi connectivity index (χ0n) is 22.3. The molecule has 0 saturated heterocycles. The molecule has 41 heavy (non-hydrogen) atoms. The van der Waals surface area contributed by atoms with E-state index in [1.807, 2.05) is 30.3 Å². The van der Waals surface area contributed by atoms with Crippen LogP contribution in [0.15, 0.2) is 164 Å². The number of rotatable bonds is 7. The Labute approximate surface area is 239 Å². The first-order valence-corrected chi connectivity index (χ1v) is 13.6. The van der Waals surface area contributed by atoms with Crippen molar-refractivity contribution < 1.29 is 0 Å². The van der Waals surface area contributed by atoms with E-state index in [9.17, 15) is 0 Å². The molecule has 0 fully saturated rings. The molecule has 0 spiro atoms. The summed E-state index contributed by atoms with van der Waals surface area (Å²) in [5, 5.41) is 9.66. The number of nitrogens with zero attached hydrogens (tertiary/aromatic N) is 5. The average molecular weight is 530 g/mol. The number of hydrogen-bond donors (Lipinski definition) is 0. The molecule has 7 rings (SSSR count). The molecule has 7 aromatic rings. The normalized spacial score (nSPS) is 10.9. The quantitative estimate of drug-likeness (QED) is 0.206. The van der Waals surface area contributed by atoms with Crippen LogP contribution in [-0.4, -0.2) is 15.0 Å². The minimum Gasteiger partial charge on any atom is -0.311 e. The van der Waals surface area contributed by atoms with E-state index < -0.39 is 0 Å². The first-order chi connectivity index (χ1) is 20.3. The van der Waals surface area contributed by atoms with Crippen LogP contribution < -0.4 is 9.80 Å². The van der Waals surface area contributed by atoms with Crippen molar-refractivity contribution in [3.63, 3.8) is 0 Å². The van der Waals surface area contributed by atoms with Crippen molar-refractivity contribution in [3.8, 4) is 5.69 Å². The number of fused-ring (bicyclic) bond motifs is 1. The minimum absolute atomic E-state index is 0.832. The van der Waals surface area contributed by atoms with Gasteiger partial charge in [-0.1, -0.05) is 72.8 Å². The van der Waals surface area contributed by atoms with Gasteiger partial charge in [0.15, 0.2) is 0 Å². The molecule has 6 aromatic carbocycles. The van der Waals surface area contributed by atoms with Crippen LogP contribution in [0, 0.1) is 0 Å². The number of para-hydroxylation sites is 4. The van der Waals surface area contributed by atoms with E-state index in [0.717, 1.165) is 50.8 Å². The van der Waals surface area contributed by atoms with Crippen LogP contribution in [0.1, 0.15) is 0 Å². The molecule has 0 radical (unpaired) electrons. The van der Waals surface area contributed by atoms with Crippen molar-refractivity contribution in [2.45, 2.75) is 0 Å². The van der Waals surface area contributed by atoms with Crippen LogP contribution in [0.2, 0.25) is 0 Å². The highest BCUT2D eigenvalue weighted by molar-refractivity contribution is 5.85. The molecule has 0 aliphatic rings. The Kier molecular flexibility index (Phi) is 6.44. The van der Waals surface area contributed by atoms with Crippen molar-refractivity contribution in [2.75, 3.05) is 9.80 Å². The predicted octanol–water partition coefficient (Wildman–Crippen LogP) is 9.36. The maximum atomic E-state index is 4.87. The van der Waals surface area contributed by atoms with Gasteiger partial charge in [-0.25, -0.2) is 0 Å². The van der Waals surface area contributed by atoms with Gasteiger partial charge in [0.05, 0.1) is 5.69 Å². The van der Waals surface area contributed by atoms with Gasteiger partial charge in [0, 0.05) is 34.1 Å². The predicted molar refractivity (Wildman–Crippen MR) is 168 cm³/mol. The maximum absolute atomic E-state index is 4.87. The molecule has 0 aliphatic heterocycles. The fourth-order valence-electron chi connectivity index (χ4n) is 5.10. The highest BCUT2D eigenvalue weighted by Gasteiger charge is 2.15. The molecular formula is C36H27N5. The Morgan fingerprint density at radius 1 is 0.341 bits per heavy atom. The summed E-state index contributed by atoms with van der Waals surface area (Å²) < 4.78 is 0. The summed E-state index contributed by atoms with van der Waals surface area (Å²) in [6.07, 6.45) is 0. The molecule has 0 bridgehead atoms. The fourth-order valence-corrected chi connectivity index (χ4v) is 5.10. The monoisotopic (exact) mass is 529 g/mol. The third kappa shape index (κ3) is 4.92. The van der Waals surface area contributed by atoms with Crippen LogP contribution in [0.5, 0.6) is 0 Å². The van der Waals surface area contributed by atoms with Gasteiger partial charge in [-0.05, 0) is 91.0 Å².